The number of carbonyl (C=O) groups is 2. The van der Waals surface area contributed by atoms with Crippen molar-refractivity contribution in [2.24, 2.45) is 0 Å². The first-order chi connectivity index (χ1) is 14.0. The first kappa shape index (κ1) is 22.3. The fourth-order valence-corrected chi connectivity index (χ4v) is 2.84. The summed E-state index contributed by atoms with van der Waals surface area (Å²) in [5, 5.41) is 2.83. The zero-order valence-corrected chi connectivity index (χ0v) is 17.5. The highest BCUT2D eigenvalue weighted by molar-refractivity contribution is 5.96. The molecule has 0 bridgehead atoms. The summed E-state index contributed by atoms with van der Waals surface area (Å²) < 4.78 is 16.2. The third-order valence-electron chi connectivity index (χ3n) is 4.49. The van der Waals surface area contributed by atoms with Crippen LogP contribution in [0, 0.1) is 0 Å². The largest absolute Gasteiger partial charge is 0.490 e. The lowest BCUT2D eigenvalue weighted by atomic mass is 9.97. The molecule has 0 fully saturated rings. The Balaban J connectivity index is 2.00. The molecule has 0 aromatic heterocycles. The van der Waals surface area contributed by atoms with Gasteiger partial charge in [-0.15, -0.1) is 0 Å². The molecule has 1 amide bonds. The molecule has 2 rings (SSSR count). The summed E-state index contributed by atoms with van der Waals surface area (Å²) in [6.07, 6.45) is 0.960. The van der Waals surface area contributed by atoms with Crippen molar-refractivity contribution in [3.8, 4) is 11.5 Å². The van der Waals surface area contributed by atoms with Crippen molar-refractivity contribution in [1.82, 2.24) is 0 Å². The average molecular weight is 399 g/mol. The van der Waals surface area contributed by atoms with Crippen LogP contribution < -0.4 is 14.8 Å². The second-order valence-corrected chi connectivity index (χ2v) is 6.55. The topological polar surface area (TPSA) is 73.9 Å². The van der Waals surface area contributed by atoms with Gasteiger partial charge in [0.15, 0.2) is 18.1 Å². The van der Waals surface area contributed by atoms with Crippen molar-refractivity contribution in [3.05, 3.63) is 53.6 Å². The van der Waals surface area contributed by atoms with E-state index in [9.17, 15) is 9.59 Å². The normalized spacial score (nSPS) is 11.4. The molecule has 1 atom stereocenters. The summed E-state index contributed by atoms with van der Waals surface area (Å²) in [7, 11) is 0. The first-order valence-electron chi connectivity index (χ1n) is 9.95. The summed E-state index contributed by atoms with van der Waals surface area (Å²) in [5.74, 6) is 0.361. The Morgan fingerprint density at radius 2 is 1.66 bits per heavy atom. The van der Waals surface area contributed by atoms with Gasteiger partial charge < -0.3 is 19.5 Å². The lowest BCUT2D eigenvalue weighted by molar-refractivity contribution is -0.119. The Morgan fingerprint density at radius 1 is 0.966 bits per heavy atom. The van der Waals surface area contributed by atoms with E-state index in [0.717, 1.165) is 17.7 Å². The van der Waals surface area contributed by atoms with Gasteiger partial charge in [0.25, 0.3) is 5.91 Å². The zero-order chi connectivity index (χ0) is 21.2. The van der Waals surface area contributed by atoms with E-state index in [1.807, 2.05) is 38.1 Å². The molecule has 156 valence electrons. The van der Waals surface area contributed by atoms with E-state index >= 15 is 0 Å². The quantitative estimate of drug-likeness (QED) is 0.581. The van der Waals surface area contributed by atoms with Crippen LogP contribution in [0.2, 0.25) is 0 Å². The molecule has 0 aliphatic carbocycles. The van der Waals surface area contributed by atoms with Crippen molar-refractivity contribution in [1.29, 1.82) is 0 Å². The van der Waals surface area contributed by atoms with Crippen LogP contribution in [-0.4, -0.2) is 31.7 Å². The highest BCUT2D eigenvalue weighted by Crippen LogP contribution is 2.29. The number of anilines is 1. The molecule has 0 aliphatic rings. The summed E-state index contributed by atoms with van der Waals surface area (Å²) in [4.78, 5) is 24.6. The maximum absolute atomic E-state index is 12.4. The molecular weight excluding hydrogens is 370 g/mol. The molecular formula is C23H29NO5. The summed E-state index contributed by atoms with van der Waals surface area (Å²) in [5.41, 5.74) is 2.09. The Bertz CT molecular complexity index is 834. The molecule has 2 aromatic rings. The van der Waals surface area contributed by atoms with Gasteiger partial charge in [-0.1, -0.05) is 32.0 Å². The van der Waals surface area contributed by atoms with Gasteiger partial charge in [-0.2, -0.15) is 0 Å². The van der Waals surface area contributed by atoms with Crippen molar-refractivity contribution >= 4 is 17.6 Å². The van der Waals surface area contributed by atoms with Crippen molar-refractivity contribution in [2.45, 2.75) is 40.0 Å². The number of esters is 1. The van der Waals surface area contributed by atoms with Crippen LogP contribution in [0.5, 0.6) is 11.5 Å². The van der Waals surface area contributed by atoms with E-state index in [1.54, 1.807) is 18.2 Å². The molecule has 0 aliphatic heterocycles. The lowest BCUT2D eigenvalue weighted by Gasteiger charge is -2.15. The zero-order valence-electron chi connectivity index (χ0n) is 17.5. The number of nitrogens with one attached hydrogen (secondary N) is 1. The Labute approximate surface area is 172 Å². The van der Waals surface area contributed by atoms with E-state index in [1.165, 1.54) is 0 Å². The molecule has 0 spiro atoms. The number of amides is 1. The molecule has 0 saturated heterocycles. The minimum Gasteiger partial charge on any atom is -0.490 e. The maximum atomic E-state index is 12.4. The molecule has 6 heteroatoms. The molecule has 0 heterocycles. The molecule has 1 N–H and O–H groups in total. The van der Waals surface area contributed by atoms with Crippen LogP contribution in [-0.2, 0) is 9.53 Å². The number of ether oxygens (including phenoxy) is 3. The number of benzene rings is 2. The van der Waals surface area contributed by atoms with Crippen LogP contribution in [0.1, 0.15) is 56.0 Å². The van der Waals surface area contributed by atoms with Crippen molar-refractivity contribution < 1.29 is 23.8 Å². The van der Waals surface area contributed by atoms with Gasteiger partial charge in [-0.25, -0.2) is 4.79 Å². The monoisotopic (exact) mass is 399 g/mol. The number of carbonyl (C=O) groups excluding carboxylic acids is 2. The summed E-state index contributed by atoms with van der Waals surface area (Å²) in [6, 6.07) is 12.5. The van der Waals surface area contributed by atoms with Gasteiger partial charge in [0.2, 0.25) is 0 Å². The van der Waals surface area contributed by atoms with E-state index in [0.29, 0.717) is 36.2 Å². The Morgan fingerprint density at radius 3 is 2.34 bits per heavy atom. The van der Waals surface area contributed by atoms with E-state index < -0.39 is 5.97 Å². The van der Waals surface area contributed by atoms with Gasteiger partial charge in [0.1, 0.15) is 0 Å². The first-order valence-corrected chi connectivity index (χ1v) is 9.95. The van der Waals surface area contributed by atoms with Crippen LogP contribution in [0.4, 0.5) is 5.69 Å². The van der Waals surface area contributed by atoms with Gasteiger partial charge in [-0.3, -0.25) is 4.79 Å². The number of para-hydroxylation sites is 1. The van der Waals surface area contributed by atoms with E-state index in [4.69, 9.17) is 14.2 Å². The van der Waals surface area contributed by atoms with Gasteiger partial charge in [0.05, 0.1) is 18.8 Å². The second-order valence-electron chi connectivity index (χ2n) is 6.55. The Hall–Kier alpha value is -3.02. The van der Waals surface area contributed by atoms with Crippen LogP contribution >= 0.6 is 0 Å². The predicted molar refractivity (Wildman–Crippen MR) is 113 cm³/mol. The predicted octanol–water partition coefficient (Wildman–Crippen LogP) is 4.79. The third-order valence-corrected chi connectivity index (χ3v) is 4.49. The van der Waals surface area contributed by atoms with E-state index in [-0.39, 0.29) is 12.5 Å². The number of hydrogen-bond donors (Lipinski definition) is 1. The second kappa shape index (κ2) is 11.1. The molecule has 0 unspecified atom stereocenters. The molecule has 29 heavy (non-hydrogen) atoms. The molecule has 6 nitrogen and oxygen atoms in total. The van der Waals surface area contributed by atoms with Crippen LogP contribution in [0.3, 0.4) is 0 Å². The summed E-state index contributed by atoms with van der Waals surface area (Å²) in [6.45, 7) is 8.48. The SMILES string of the molecule is CCOc1ccc(C(=O)OCC(=O)Nc2ccccc2[C@@H](C)CC)cc1OCC. The Kier molecular flexibility index (Phi) is 8.52. The van der Waals surface area contributed by atoms with Crippen molar-refractivity contribution in [3.63, 3.8) is 0 Å². The number of rotatable bonds is 10. The molecule has 2 aromatic carbocycles. The van der Waals surface area contributed by atoms with Crippen molar-refractivity contribution in [2.75, 3.05) is 25.1 Å². The van der Waals surface area contributed by atoms with Crippen LogP contribution in [0.15, 0.2) is 42.5 Å². The summed E-state index contributed by atoms with van der Waals surface area (Å²) >= 11 is 0. The molecule has 0 radical (unpaired) electrons. The minimum absolute atomic E-state index is 0.296. The fourth-order valence-electron chi connectivity index (χ4n) is 2.84. The lowest BCUT2D eigenvalue weighted by Crippen LogP contribution is -2.21. The van der Waals surface area contributed by atoms with E-state index in [2.05, 4.69) is 19.2 Å². The highest BCUT2D eigenvalue weighted by atomic mass is 16.5. The number of hydrogen-bond acceptors (Lipinski definition) is 5. The molecule has 0 saturated carbocycles. The maximum Gasteiger partial charge on any atom is 0.338 e. The average Bonchev–Trinajstić information content (AvgIpc) is 2.73. The highest BCUT2D eigenvalue weighted by Gasteiger charge is 2.16. The van der Waals surface area contributed by atoms with Crippen LogP contribution in [0.25, 0.3) is 0 Å². The van der Waals surface area contributed by atoms with Gasteiger partial charge in [0, 0.05) is 5.69 Å². The van der Waals surface area contributed by atoms with Gasteiger partial charge in [-0.05, 0) is 56.0 Å². The standard InChI is InChI=1S/C23H29NO5/c1-5-16(4)18-10-8-9-11-19(18)24-22(25)15-29-23(26)17-12-13-20(27-6-2)21(14-17)28-7-3/h8-14,16H,5-7,15H2,1-4H3,(H,24,25)/t16-/m0/s1. The smallest absolute Gasteiger partial charge is 0.338 e. The third kappa shape index (κ3) is 6.24. The fraction of sp³-hybridized carbons (Fsp3) is 0.391. The minimum atomic E-state index is -0.598. The van der Waals surface area contributed by atoms with Gasteiger partial charge >= 0.3 is 5.97 Å².